The van der Waals surface area contributed by atoms with Crippen molar-refractivity contribution in [2.45, 2.75) is 6.18 Å². The largest absolute Gasteiger partial charge is 0.478 e. The van der Waals surface area contributed by atoms with E-state index in [-0.39, 0.29) is 22.0 Å². The molecule has 2 aromatic rings. The molecule has 0 spiro atoms. The fourth-order valence-corrected chi connectivity index (χ4v) is 1.92. The molecular weight excluding hydrogens is 297 g/mol. The Hall–Kier alpha value is -2.02. The lowest BCUT2D eigenvalue weighted by Crippen LogP contribution is -2.04. The Balaban J connectivity index is 2.53. The fraction of sp³-hybridized carbons (Fsp3) is 0.167. The molecule has 0 saturated heterocycles. The molecule has 0 amide bonds. The predicted octanol–water partition coefficient (Wildman–Crippen LogP) is 3.46. The summed E-state index contributed by atoms with van der Waals surface area (Å²) < 4.78 is 38.5. The number of nitrogens with zero attached hydrogens (tertiary/aromatic N) is 2. The molecule has 0 atom stereocenters. The van der Waals surface area contributed by atoms with Crippen LogP contribution in [0.15, 0.2) is 24.3 Å². The van der Waals surface area contributed by atoms with Crippen molar-refractivity contribution in [1.82, 2.24) is 9.78 Å². The van der Waals surface area contributed by atoms with Crippen LogP contribution in [0.1, 0.15) is 15.9 Å². The Morgan fingerprint density at radius 3 is 2.30 bits per heavy atom. The number of carboxylic acids is 1. The monoisotopic (exact) mass is 304 g/mol. The van der Waals surface area contributed by atoms with Crippen molar-refractivity contribution in [2.24, 2.45) is 7.05 Å². The van der Waals surface area contributed by atoms with E-state index in [1.807, 2.05) is 0 Å². The van der Waals surface area contributed by atoms with Crippen LogP contribution in [0.3, 0.4) is 0 Å². The van der Waals surface area contributed by atoms with Crippen LogP contribution in [0.4, 0.5) is 13.2 Å². The molecule has 0 bridgehead atoms. The zero-order valence-electron chi connectivity index (χ0n) is 10.1. The van der Waals surface area contributed by atoms with E-state index in [1.54, 1.807) is 0 Å². The summed E-state index contributed by atoms with van der Waals surface area (Å²) >= 11 is 5.80. The van der Waals surface area contributed by atoms with E-state index < -0.39 is 17.7 Å². The van der Waals surface area contributed by atoms with Gasteiger partial charge in [-0.3, -0.25) is 4.68 Å². The van der Waals surface area contributed by atoms with Gasteiger partial charge in [-0.2, -0.15) is 18.3 Å². The summed E-state index contributed by atoms with van der Waals surface area (Å²) in [5.41, 5.74) is -0.786. The van der Waals surface area contributed by atoms with Gasteiger partial charge in [0.2, 0.25) is 0 Å². The molecule has 0 fully saturated rings. The third kappa shape index (κ3) is 2.49. The lowest BCUT2D eigenvalue weighted by atomic mass is 10.1. The summed E-state index contributed by atoms with van der Waals surface area (Å²) in [6.07, 6.45) is -4.45. The van der Waals surface area contributed by atoms with Crippen molar-refractivity contribution in [1.29, 1.82) is 0 Å². The maximum Gasteiger partial charge on any atom is 0.416 e. The molecule has 0 aliphatic carbocycles. The normalized spacial score (nSPS) is 11.7. The molecule has 0 aliphatic rings. The topological polar surface area (TPSA) is 55.1 Å². The van der Waals surface area contributed by atoms with Gasteiger partial charge in [0.15, 0.2) is 0 Å². The van der Waals surface area contributed by atoms with Crippen molar-refractivity contribution >= 4 is 17.6 Å². The van der Waals surface area contributed by atoms with Crippen LogP contribution in [0, 0.1) is 0 Å². The van der Waals surface area contributed by atoms with Gasteiger partial charge in [-0.1, -0.05) is 23.7 Å². The first kappa shape index (κ1) is 14.4. The number of carbonyl (C=O) groups is 1. The van der Waals surface area contributed by atoms with Crippen LogP contribution in [-0.2, 0) is 13.2 Å². The van der Waals surface area contributed by atoms with Gasteiger partial charge in [-0.05, 0) is 12.1 Å². The summed E-state index contributed by atoms with van der Waals surface area (Å²) in [6.45, 7) is 0. The quantitative estimate of drug-likeness (QED) is 0.924. The van der Waals surface area contributed by atoms with Crippen LogP contribution in [0.5, 0.6) is 0 Å². The van der Waals surface area contributed by atoms with E-state index in [4.69, 9.17) is 16.7 Å². The molecule has 1 aromatic carbocycles. The molecule has 8 heteroatoms. The average Bonchev–Trinajstić information content (AvgIpc) is 2.65. The lowest BCUT2D eigenvalue weighted by molar-refractivity contribution is -0.137. The number of benzene rings is 1. The first-order chi connectivity index (χ1) is 9.21. The number of carboxylic acid groups (broad SMARTS) is 1. The van der Waals surface area contributed by atoms with E-state index in [9.17, 15) is 18.0 Å². The average molecular weight is 305 g/mol. The SMILES string of the molecule is Cn1nc(-c2ccc(C(F)(F)F)cc2)c(C(=O)O)c1Cl. The maximum absolute atomic E-state index is 12.5. The number of halogens is 4. The number of aromatic nitrogens is 2. The van der Waals surface area contributed by atoms with Gasteiger partial charge in [0.25, 0.3) is 0 Å². The Kier molecular flexibility index (Phi) is 3.47. The minimum atomic E-state index is -4.45. The smallest absolute Gasteiger partial charge is 0.416 e. The summed E-state index contributed by atoms with van der Waals surface area (Å²) in [5, 5.41) is 12.9. The highest BCUT2D eigenvalue weighted by Gasteiger charge is 2.30. The van der Waals surface area contributed by atoms with Gasteiger partial charge in [0, 0.05) is 12.6 Å². The van der Waals surface area contributed by atoms with Gasteiger partial charge in [0.1, 0.15) is 16.4 Å². The number of aromatic carboxylic acids is 1. The second-order valence-corrected chi connectivity index (χ2v) is 4.38. The first-order valence-corrected chi connectivity index (χ1v) is 5.73. The Morgan fingerprint density at radius 1 is 1.30 bits per heavy atom. The standard InChI is InChI=1S/C12H8ClF3N2O2/c1-18-10(13)8(11(19)20)9(17-18)6-2-4-7(5-3-6)12(14,15)16/h2-5H,1H3,(H,19,20). The third-order valence-electron chi connectivity index (χ3n) is 2.68. The van der Waals surface area contributed by atoms with Crippen molar-refractivity contribution < 1.29 is 23.1 Å². The lowest BCUT2D eigenvalue weighted by Gasteiger charge is -2.06. The van der Waals surface area contributed by atoms with E-state index in [0.717, 1.165) is 28.9 Å². The van der Waals surface area contributed by atoms with Gasteiger partial charge < -0.3 is 5.11 Å². The second-order valence-electron chi connectivity index (χ2n) is 4.02. The van der Waals surface area contributed by atoms with E-state index in [2.05, 4.69) is 5.10 Å². The molecule has 2 rings (SSSR count). The van der Waals surface area contributed by atoms with E-state index in [0.29, 0.717) is 0 Å². The summed E-state index contributed by atoms with van der Waals surface area (Å²) in [6, 6.07) is 4.05. The molecule has 4 nitrogen and oxygen atoms in total. The molecule has 106 valence electrons. The van der Waals surface area contributed by atoms with Crippen molar-refractivity contribution in [3.63, 3.8) is 0 Å². The number of hydrogen-bond acceptors (Lipinski definition) is 2. The minimum absolute atomic E-state index is 0.0266. The number of hydrogen-bond donors (Lipinski definition) is 1. The molecule has 1 N–H and O–H groups in total. The van der Waals surface area contributed by atoms with Gasteiger partial charge in [0.05, 0.1) is 5.56 Å². The zero-order valence-corrected chi connectivity index (χ0v) is 10.8. The highest BCUT2D eigenvalue weighted by atomic mass is 35.5. The van der Waals surface area contributed by atoms with Crippen molar-refractivity contribution in [3.05, 3.63) is 40.5 Å². The second kappa shape index (κ2) is 4.82. The highest BCUT2D eigenvalue weighted by molar-refractivity contribution is 6.33. The minimum Gasteiger partial charge on any atom is -0.478 e. The first-order valence-electron chi connectivity index (χ1n) is 5.35. The molecule has 20 heavy (non-hydrogen) atoms. The summed E-state index contributed by atoms with van der Waals surface area (Å²) in [4.78, 5) is 11.1. The molecule has 0 aliphatic heterocycles. The predicted molar refractivity (Wildman–Crippen MR) is 65.6 cm³/mol. The van der Waals surface area contributed by atoms with Gasteiger partial charge in [-0.25, -0.2) is 4.79 Å². The molecule has 0 saturated carbocycles. The molecular formula is C12H8ClF3N2O2. The Morgan fingerprint density at radius 2 is 1.85 bits per heavy atom. The molecule has 0 radical (unpaired) electrons. The van der Waals surface area contributed by atoms with Crippen LogP contribution < -0.4 is 0 Å². The Labute approximate surface area is 116 Å². The number of aryl methyl sites for hydroxylation is 1. The third-order valence-corrected chi connectivity index (χ3v) is 3.11. The van der Waals surface area contributed by atoms with Crippen molar-refractivity contribution in [3.8, 4) is 11.3 Å². The summed E-state index contributed by atoms with van der Waals surface area (Å²) in [5.74, 6) is -1.29. The maximum atomic E-state index is 12.5. The van der Waals surface area contributed by atoms with Crippen LogP contribution >= 0.6 is 11.6 Å². The number of rotatable bonds is 2. The van der Waals surface area contributed by atoms with Crippen LogP contribution in [0.25, 0.3) is 11.3 Å². The number of alkyl halides is 3. The fourth-order valence-electron chi connectivity index (χ4n) is 1.71. The van der Waals surface area contributed by atoms with E-state index >= 15 is 0 Å². The highest BCUT2D eigenvalue weighted by Crippen LogP contribution is 2.32. The molecule has 1 aromatic heterocycles. The molecule has 0 unspecified atom stereocenters. The van der Waals surface area contributed by atoms with E-state index in [1.165, 1.54) is 7.05 Å². The van der Waals surface area contributed by atoms with Crippen molar-refractivity contribution in [2.75, 3.05) is 0 Å². The Bertz CT molecular complexity index is 663. The van der Waals surface area contributed by atoms with Gasteiger partial charge >= 0.3 is 12.1 Å². The van der Waals surface area contributed by atoms with Crippen LogP contribution in [-0.4, -0.2) is 20.9 Å². The molecule has 1 heterocycles. The zero-order chi connectivity index (χ0) is 15.1. The van der Waals surface area contributed by atoms with Gasteiger partial charge in [-0.15, -0.1) is 0 Å². The van der Waals surface area contributed by atoms with Crippen LogP contribution in [0.2, 0.25) is 5.15 Å². The summed E-state index contributed by atoms with van der Waals surface area (Å²) in [7, 11) is 1.45.